The lowest BCUT2D eigenvalue weighted by atomic mass is 10.2. The van der Waals surface area contributed by atoms with E-state index in [-0.39, 0.29) is 11.8 Å². The van der Waals surface area contributed by atoms with Crippen molar-refractivity contribution >= 4 is 9.84 Å². The third kappa shape index (κ3) is 4.12. The third-order valence-electron chi connectivity index (χ3n) is 2.84. The Kier molecular flexibility index (Phi) is 4.32. The first-order valence-corrected chi connectivity index (χ1v) is 7.67. The van der Waals surface area contributed by atoms with E-state index >= 15 is 0 Å². The molecule has 17 heavy (non-hydrogen) atoms. The molecule has 1 aromatic rings. The number of sulfone groups is 1. The van der Waals surface area contributed by atoms with E-state index < -0.39 is 9.84 Å². The van der Waals surface area contributed by atoms with E-state index in [0.717, 1.165) is 17.0 Å². The van der Waals surface area contributed by atoms with Crippen molar-refractivity contribution in [3.63, 3.8) is 0 Å². The fourth-order valence-corrected chi connectivity index (χ4v) is 2.89. The Morgan fingerprint density at radius 2 is 2.00 bits per heavy atom. The fourth-order valence-electron chi connectivity index (χ4n) is 1.86. The highest BCUT2D eigenvalue weighted by atomic mass is 32.2. The number of hydrogen-bond donors (Lipinski definition) is 1. The van der Waals surface area contributed by atoms with E-state index in [0.29, 0.717) is 6.54 Å². The van der Waals surface area contributed by atoms with Gasteiger partial charge < -0.3 is 5.32 Å². The zero-order chi connectivity index (χ0) is 13.2. The third-order valence-corrected chi connectivity index (χ3v) is 3.94. The summed E-state index contributed by atoms with van der Waals surface area (Å²) in [5.74, 6) is 0.158. The molecule has 1 unspecified atom stereocenters. The number of rotatable bonds is 5. The fraction of sp³-hybridized carbons (Fsp3) is 0.727. The summed E-state index contributed by atoms with van der Waals surface area (Å²) in [4.78, 5) is 0. The van der Waals surface area contributed by atoms with Crippen LogP contribution in [0.3, 0.4) is 0 Å². The Bertz CT molecular complexity index is 491. The Labute approximate surface area is 103 Å². The monoisotopic (exact) mass is 259 g/mol. The molecule has 0 fully saturated rings. The van der Waals surface area contributed by atoms with Crippen molar-refractivity contribution in [2.24, 2.45) is 7.05 Å². The van der Waals surface area contributed by atoms with E-state index in [4.69, 9.17) is 0 Å². The van der Waals surface area contributed by atoms with Gasteiger partial charge in [0.05, 0.1) is 11.4 Å². The molecule has 0 bridgehead atoms. The Morgan fingerprint density at radius 3 is 2.41 bits per heavy atom. The first-order chi connectivity index (χ1) is 7.70. The Hall–Kier alpha value is -0.880. The minimum Gasteiger partial charge on any atom is -0.309 e. The van der Waals surface area contributed by atoms with Gasteiger partial charge in [-0.05, 0) is 20.8 Å². The quantitative estimate of drug-likeness (QED) is 0.839. The number of hydrogen-bond acceptors (Lipinski definition) is 4. The van der Waals surface area contributed by atoms with Crippen molar-refractivity contribution in [1.82, 2.24) is 15.1 Å². The summed E-state index contributed by atoms with van der Waals surface area (Å²) in [7, 11) is -1.02. The van der Waals surface area contributed by atoms with Gasteiger partial charge in [0.15, 0.2) is 0 Å². The molecule has 0 aliphatic rings. The molecule has 1 atom stereocenters. The minimum atomic E-state index is -2.93. The maximum absolute atomic E-state index is 11.1. The summed E-state index contributed by atoms with van der Waals surface area (Å²) < 4.78 is 24.1. The van der Waals surface area contributed by atoms with Crippen LogP contribution in [0.1, 0.15) is 23.9 Å². The molecule has 0 aliphatic carbocycles. The van der Waals surface area contributed by atoms with Crippen molar-refractivity contribution in [1.29, 1.82) is 0 Å². The molecule has 1 heterocycles. The van der Waals surface area contributed by atoms with Crippen molar-refractivity contribution in [2.75, 3.05) is 12.0 Å². The van der Waals surface area contributed by atoms with Crippen molar-refractivity contribution in [2.45, 2.75) is 33.4 Å². The van der Waals surface area contributed by atoms with Crippen LogP contribution in [0.4, 0.5) is 0 Å². The molecule has 0 spiro atoms. The van der Waals surface area contributed by atoms with Gasteiger partial charge in [-0.15, -0.1) is 0 Å². The van der Waals surface area contributed by atoms with Crippen molar-refractivity contribution in [3.05, 3.63) is 17.0 Å². The highest BCUT2D eigenvalue weighted by molar-refractivity contribution is 7.90. The van der Waals surface area contributed by atoms with Gasteiger partial charge in [0.25, 0.3) is 0 Å². The SMILES string of the molecule is Cc1nn(C)c(C)c1CNC(C)CS(C)(=O)=O. The number of aromatic nitrogens is 2. The van der Waals surface area contributed by atoms with Crippen molar-refractivity contribution < 1.29 is 8.42 Å². The smallest absolute Gasteiger partial charge is 0.148 e. The molecular formula is C11H21N3O2S. The van der Waals surface area contributed by atoms with Gasteiger partial charge >= 0.3 is 0 Å². The van der Waals surface area contributed by atoms with E-state index in [9.17, 15) is 8.42 Å². The largest absolute Gasteiger partial charge is 0.309 e. The van der Waals surface area contributed by atoms with Crippen LogP contribution in [-0.2, 0) is 23.4 Å². The number of nitrogens with zero attached hydrogens (tertiary/aromatic N) is 2. The molecule has 0 saturated carbocycles. The van der Waals surface area contributed by atoms with E-state index in [1.807, 2.05) is 32.5 Å². The topological polar surface area (TPSA) is 64.0 Å². The van der Waals surface area contributed by atoms with Crippen LogP contribution >= 0.6 is 0 Å². The predicted molar refractivity (Wildman–Crippen MR) is 68.7 cm³/mol. The van der Waals surface area contributed by atoms with Crippen LogP contribution in [0.5, 0.6) is 0 Å². The summed E-state index contributed by atoms with van der Waals surface area (Å²) in [6.07, 6.45) is 1.26. The molecule has 98 valence electrons. The molecule has 0 aliphatic heterocycles. The molecule has 1 aromatic heterocycles. The summed E-state index contributed by atoms with van der Waals surface area (Å²) in [6.45, 7) is 6.51. The zero-order valence-electron chi connectivity index (χ0n) is 11.1. The molecule has 5 nitrogen and oxygen atoms in total. The summed E-state index contributed by atoms with van der Waals surface area (Å²) >= 11 is 0. The highest BCUT2D eigenvalue weighted by Gasteiger charge is 2.13. The van der Waals surface area contributed by atoms with Gasteiger partial charge in [0.1, 0.15) is 9.84 Å². The minimum absolute atomic E-state index is 0.0518. The molecule has 0 amide bonds. The first-order valence-electron chi connectivity index (χ1n) is 5.61. The van der Waals surface area contributed by atoms with E-state index in [2.05, 4.69) is 10.4 Å². The standard InChI is InChI=1S/C11H21N3O2S/c1-8(7-17(5,15)16)12-6-11-9(2)13-14(4)10(11)3/h8,12H,6-7H2,1-5H3. The van der Waals surface area contributed by atoms with Crippen LogP contribution in [-0.4, -0.2) is 36.2 Å². The van der Waals surface area contributed by atoms with Crippen LogP contribution in [0.25, 0.3) is 0 Å². The van der Waals surface area contributed by atoms with Crippen LogP contribution in [0.15, 0.2) is 0 Å². The molecule has 1 N–H and O–H groups in total. The van der Waals surface area contributed by atoms with Gasteiger partial charge in [-0.2, -0.15) is 5.10 Å². The summed E-state index contributed by atoms with van der Waals surface area (Å²) in [6, 6.07) is -0.0518. The second kappa shape index (κ2) is 5.18. The molecule has 0 saturated heterocycles. The normalized spacial score (nSPS) is 13.9. The second-order valence-corrected chi connectivity index (χ2v) is 6.83. The summed E-state index contributed by atoms with van der Waals surface area (Å²) in [5.41, 5.74) is 3.25. The second-order valence-electron chi connectivity index (χ2n) is 4.65. The first kappa shape index (κ1) is 14.2. The average Bonchev–Trinajstić information content (AvgIpc) is 2.36. The zero-order valence-corrected chi connectivity index (χ0v) is 11.9. The molecule has 0 radical (unpaired) electrons. The molecule has 1 rings (SSSR count). The Morgan fingerprint density at radius 1 is 1.41 bits per heavy atom. The van der Waals surface area contributed by atoms with Crippen LogP contribution < -0.4 is 5.32 Å². The maximum atomic E-state index is 11.1. The lowest BCUT2D eigenvalue weighted by Crippen LogP contribution is -2.32. The van der Waals surface area contributed by atoms with Gasteiger partial charge in [0, 0.05) is 37.1 Å². The number of nitrogens with one attached hydrogen (secondary N) is 1. The number of aryl methyl sites for hydroxylation is 2. The molecular weight excluding hydrogens is 238 g/mol. The highest BCUT2D eigenvalue weighted by Crippen LogP contribution is 2.11. The summed E-state index contributed by atoms with van der Waals surface area (Å²) in [5, 5.41) is 7.54. The van der Waals surface area contributed by atoms with Crippen LogP contribution in [0, 0.1) is 13.8 Å². The lowest BCUT2D eigenvalue weighted by molar-refractivity contribution is 0.558. The van der Waals surface area contributed by atoms with Crippen LogP contribution in [0.2, 0.25) is 0 Å². The Balaban J connectivity index is 2.62. The van der Waals surface area contributed by atoms with Gasteiger partial charge in [0.2, 0.25) is 0 Å². The van der Waals surface area contributed by atoms with E-state index in [1.165, 1.54) is 6.26 Å². The van der Waals surface area contributed by atoms with Gasteiger partial charge in [-0.3, -0.25) is 4.68 Å². The van der Waals surface area contributed by atoms with Gasteiger partial charge in [-0.1, -0.05) is 0 Å². The van der Waals surface area contributed by atoms with Crippen molar-refractivity contribution in [3.8, 4) is 0 Å². The van der Waals surface area contributed by atoms with E-state index in [1.54, 1.807) is 0 Å². The molecule has 0 aromatic carbocycles. The maximum Gasteiger partial charge on any atom is 0.148 e. The van der Waals surface area contributed by atoms with Gasteiger partial charge in [-0.25, -0.2) is 8.42 Å². The lowest BCUT2D eigenvalue weighted by Gasteiger charge is -2.12. The molecule has 6 heteroatoms. The average molecular weight is 259 g/mol. The predicted octanol–water partition coefficient (Wildman–Crippen LogP) is 0.560.